The molecule has 2 N–H and O–H groups in total. The third kappa shape index (κ3) is 3.95. The van der Waals surface area contributed by atoms with Crippen LogP contribution < -0.4 is 10.6 Å². The third-order valence-electron chi connectivity index (χ3n) is 4.77. The van der Waals surface area contributed by atoms with Crippen LogP contribution in [0.5, 0.6) is 0 Å². The van der Waals surface area contributed by atoms with Crippen molar-refractivity contribution in [3.05, 3.63) is 68.7 Å². The van der Waals surface area contributed by atoms with Gasteiger partial charge in [-0.1, -0.05) is 35.3 Å². The van der Waals surface area contributed by atoms with Crippen LogP contribution in [0.1, 0.15) is 51.8 Å². The molecule has 2 aromatic carbocycles. The smallest absolute Gasteiger partial charge is 0.251 e. The molecule has 6 heteroatoms. The normalized spacial score (nSPS) is 18.9. The van der Waals surface area contributed by atoms with E-state index >= 15 is 0 Å². The summed E-state index contributed by atoms with van der Waals surface area (Å²) in [5.41, 5.74) is 4.24. The zero-order chi connectivity index (χ0) is 17.3. The zero-order valence-electron chi connectivity index (χ0n) is 14.1. The van der Waals surface area contributed by atoms with Crippen LogP contribution in [0, 0.1) is 0 Å². The Morgan fingerprint density at radius 2 is 1.76 bits per heavy atom. The molecule has 3 rings (SSSR count). The molecule has 1 aliphatic carbocycles. The lowest BCUT2D eigenvalue weighted by atomic mass is 9.76. The van der Waals surface area contributed by atoms with E-state index < -0.39 is 0 Å². The molecule has 0 fully saturated rings. The second-order valence-electron chi connectivity index (χ2n) is 6.07. The second-order valence-corrected chi connectivity index (χ2v) is 6.88. The van der Waals surface area contributed by atoms with Crippen LogP contribution in [0.2, 0.25) is 10.0 Å². The maximum absolute atomic E-state index is 12.0. The minimum atomic E-state index is -0.0720. The summed E-state index contributed by atoms with van der Waals surface area (Å²) in [6, 6.07) is 12.1. The summed E-state index contributed by atoms with van der Waals surface area (Å²) in [4.78, 5) is 12.0. The van der Waals surface area contributed by atoms with Crippen LogP contribution in [0.25, 0.3) is 0 Å². The monoisotopic (exact) mass is 398 g/mol. The van der Waals surface area contributed by atoms with E-state index in [2.05, 4.69) is 16.7 Å². The molecule has 1 aliphatic rings. The van der Waals surface area contributed by atoms with Gasteiger partial charge in [-0.15, -0.1) is 12.4 Å². The van der Waals surface area contributed by atoms with Crippen molar-refractivity contribution in [2.45, 2.75) is 24.8 Å². The quantitative estimate of drug-likeness (QED) is 0.766. The van der Waals surface area contributed by atoms with Gasteiger partial charge in [0.25, 0.3) is 5.91 Å². The molecular formula is C19H21Cl3N2O. The fourth-order valence-electron chi connectivity index (χ4n) is 3.50. The van der Waals surface area contributed by atoms with Crippen LogP contribution in [-0.4, -0.2) is 20.0 Å². The SMILES string of the molecule is CNC(=O)c1ccc2c(c1)[C@H](c1ccc(Cl)c(Cl)c1)CC[C@@H]2NC.Cl. The number of nitrogens with one attached hydrogen (secondary N) is 2. The van der Waals surface area contributed by atoms with E-state index in [0.717, 1.165) is 18.4 Å². The van der Waals surface area contributed by atoms with Gasteiger partial charge >= 0.3 is 0 Å². The molecule has 0 heterocycles. The molecular weight excluding hydrogens is 379 g/mol. The fourth-order valence-corrected chi connectivity index (χ4v) is 3.81. The van der Waals surface area contributed by atoms with Gasteiger partial charge in [-0.2, -0.15) is 0 Å². The molecule has 0 spiro atoms. The maximum Gasteiger partial charge on any atom is 0.251 e. The van der Waals surface area contributed by atoms with Gasteiger partial charge in [0.2, 0.25) is 0 Å². The van der Waals surface area contributed by atoms with Gasteiger partial charge in [0.05, 0.1) is 10.0 Å². The Labute approximate surface area is 164 Å². The van der Waals surface area contributed by atoms with Gasteiger partial charge in [0.1, 0.15) is 0 Å². The number of carbonyl (C=O) groups is 1. The van der Waals surface area contributed by atoms with E-state index in [1.54, 1.807) is 7.05 Å². The lowest BCUT2D eigenvalue weighted by Crippen LogP contribution is -2.25. The largest absolute Gasteiger partial charge is 0.355 e. The van der Waals surface area contributed by atoms with Crippen LogP contribution in [0.4, 0.5) is 0 Å². The van der Waals surface area contributed by atoms with Crippen molar-refractivity contribution in [2.75, 3.05) is 14.1 Å². The van der Waals surface area contributed by atoms with Crippen molar-refractivity contribution in [3.8, 4) is 0 Å². The average Bonchev–Trinajstić information content (AvgIpc) is 2.62. The lowest BCUT2D eigenvalue weighted by molar-refractivity contribution is 0.0963. The minimum Gasteiger partial charge on any atom is -0.355 e. The second kappa shape index (κ2) is 8.41. The van der Waals surface area contributed by atoms with Gasteiger partial charge in [0, 0.05) is 24.6 Å². The summed E-state index contributed by atoms with van der Waals surface area (Å²) in [6.07, 6.45) is 2.03. The molecule has 0 saturated heterocycles. The van der Waals surface area contributed by atoms with Crippen LogP contribution in [0.3, 0.4) is 0 Å². The van der Waals surface area contributed by atoms with Crippen molar-refractivity contribution in [2.24, 2.45) is 0 Å². The average molecular weight is 400 g/mol. The molecule has 0 saturated carbocycles. The first kappa shape index (κ1) is 20.1. The van der Waals surface area contributed by atoms with E-state index in [0.29, 0.717) is 21.7 Å². The topological polar surface area (TPSA) is 41.1 Å². The van der Waals surface area contributed by atoms with E-state index in [1.807, 2.05) is 37.4 Å². The molecule has 0 radical (unpaired) electrons. The van der Waals surface area contributed by atoms with Gasteiger partial charge < -0.3 is 10.6 Å². The highest BCUT2D eigenvalue weighted by Crippen LogP contribution is 2.42. The van der Waals surface area contributed by atoms with Crippen LogP contribution in [-0.2, 0) is 0 Å². The number of benzene rings is 2. The molecule has 134 valence electrons. The van der Waals surface area contributed by atoms with E-state index in [-0.39, 0.29) is 24.2 Å². The fraction of sp³-hybridized carbons (Fsp3) is 0.316. The van der Waals surface area contributed by atoms with Crippen LogP contribution >= 0.6 is 35.6 Å². The van der Waals surface area contributed by atoms with E-state index in [1.165, 1.54) is 11.1 Å². The summed E-state index contributed by atoms with van der Waals surface area (Å²) in [5.74, 6) is 0.140. The molecule has 2 aromatic rings. The van der Waals surface area contributed by atoms with Crippen molar-refractivity contribution in [1.82, 2.24) is 10.6 Å². The Hall–Kier alpha value is -1.26. The third-order valence-corrected chi connectivity index (χ3v) is 5.50. The van der Waals surface area contributed by atoms with Gasteiger partial charge in [-0.25, -0.2) is 0 Å². The number of carbonyl (C=O) groups excluding carboxylic acids is 1. The molecule has 0 unspecified atom stereocenters. The summed E-state index contributed by atoms with van der Waals surface area (Å²) < 4.78 is 0. The molecule has 0 aliphatic heterocycles. The number of hydrogen-bond donors (Lipinski definition) is 2. The summed E-state index contributed by atoms with van der Waals surface area (Å²) >= 11 is 12.3. The Morgan fingerprint density at radius 3 is 2.40 bits per heavy atom. The molecule has 0 aromatic heterocycles. The maximum atomic E-state index is 12.0. The predicted octanol–water partition coefficient (Wildman–Crippen LogP) is 4.96. The van der Waals surface area contributed by atoms with Crippen molar-refractivity contribution in [1.29, 1.82) is 0 Å². The summed E-state index contributed by atoms with van der Waals surface area (Å²) in [5, 5.41) is 7.18. The molecule has 2 atom stereocenters. The van der Waals surface area contributed by atoms with E-state index in [9.17, 15) is 4.79 Å². The highest BCUT2D eigenvalue weighted by molar-refractivity contribution is 6.42. The van der Waals surface area contributed by atoms with Crippen molar-refractivity contribution >= 4 is 41.5 Å². The van der Waals surface area contributed by atoms with Crippen molar-refractivity contribution < 1.29 is 4.79 Å². The van der Waals surface area contributed by atoms with Crippen LogP contribution in [0.15, 0.2) is 36.4 Å². The summed E-state index contributed by atoms with van der Waals surface area (Å²) in [7, 11) is 3.62. The van der Waals surface area contributed by atoms with Crippen molar-refractivity contribution in [3.63, 3.8) is 0 Å². The predicted molar refractivity (Wildman–Crippen MR) is 106 cm³/mol. The lowest BCUT2D eigenvalue weighted by Gasteiger charge is -2.32. The first-order valence-electron chi connectivity index (χ1n) is 8.03. The number of amides is 1. The Bertz CT molecular complexity index is 779. The highest BCUT2D eigenvalue weighted by Gasteiger charge is 2.28. The first-order chi connectivity index (χ1) is 11.5. The first-order valence-corrected chi connectivity index (χ1v) is 8.79. The number of fused-ring (bicyclic) bond motifs is 1. The number of hydrogen-bond acceptors (Lipinski definition) is 2. The Kier molecular flexibility index (Phi) is 6.75. The summed E-state index contributed by atoms with van der Waals surface area (Å²) in [6.45, 7) is 0. The minimum absolute atomic E-state index is 0. The molecule has 3 nitrogen and oxygen atoms in total. The number of halogens is 3. The Morgan fingerprint density at radius 1 is 1.00 bits per heavy atom. The molecule has 0 bridgehead atoms. The number of rotatable bonds is 3. The Balaban J connectivity index is 0.00000225. The zero-order valence-corrected chi connectivity index (χ0v) is 16.4. The van der Waals surface area contributed by atoms with E-state index in [4.69, 9.17) is 23.2 Å². The van der Waals surface area contributed by atoms with Gasteiger partial charge in [-0.05, 0) is 60.8 Å². The van der Waals surface area contributed by atoms with Gasteiger partial charge in [-0.3, -0.25) is 4.79 Å². The molecule has 1 amide bonds. The standard InChI is InChI=1S/C19H20Cl2N2O.ClH/c1-22-18-8-6-13(11-4-7-16(20)17(21)10-11)15-9-12(19(24)23-2)3-5-14(15)18;/h3-5,7,9-10,13,18,22H,6,8H2,1-2H3,(H,23,24);1H/t13-,18-;/m0./s1. The highest BCUT2D eigenvalue weighted by atomic mass is 35.5. The van der Waals surface area contributed by atoms with Gasteiger partial charge in [0.15, 0.2) is 0 Å². The molecule has 25 heavy (non-hydrogen) atoms.